The summed E-state index contributed by atoms with van der Waals surface area (Å²) >= 11 is 0. The summed E-state index contributed by atoms with van der Waals surface area (Å²) in [5.74, 6) is -0.154. The van der Waals surface area contributed by atoms with Crippen LogP contribution in [0.25, 0.3) is 0 Å². The van der Waals surface area contributed by atoms with Crippen molar-refractivity contribution in [2.24, 2.45) is 5.73 Å². The first-order valence-corrected chi connectivity index (χ1v) is 5.21. The van der Waals surface area contributed by atoms with Crippen LogP contribution < -0.4 is 16.2 Å². The van der Waals surface area contributed by atoms with Gasteiger partial charge in [0.25, 0.3) is 5.91 Å². The number of rotatable bonds is 3. The molecule has 0 bridgehead atoms. The third-order valence-electron chi connectivity index (χ3n) is 2.25. The number of nitrogens with two attached hydrogens (primary N) is 2. The van der Waals surface area contributed by atoms with Gasteiger partial charge in [-0.3, -0.25) is 4.79 Å². The minimum absolute atomic E-state index is 0.0418. The van der Waals surface area contributed by atoms with Crippen molar-refractivity contribution in [3.63, 3.8) is 0 Å². The van der Waals surface area contributed by atoms with Crippen LogP contribution in [0.2, 0.25) is 0 Å². The Bertz CT molecular complexity index is 661. The fourth-order valence-corrected chi connectivity index (χ4v) is 1.33. The van der Waals surface area contributed by atoms with Gasteiger partial charge < -0.3 is 16.2 Å². The highest BCUT2D eigenvalue weighted by molar-refractivity contribution is 5.90. The topological polar surface area (TPSA) is 128 Å². The number of hydrogen-bond donors (Lipinski definition) is 2. The van der Waals surface area contributed by atoms with Gasteiger partial charge in [-0.05, 0) is 24.3 Å². The second kappa shape index (κ2) is 5.01. The molecule has 0 spiro atoms. The fourth-order valence-electron chi connectivity index (χ4n) is 1.33. The number of carbonyl (C=O) groups excluding carboxylic acids is 1. The van der Waals surface area contributed by atoms with Crippen molar-refractivity contribution in [2.75, 3.05) is 5.73 Å². The van der Waals surface area contributed by atoms with Gasteiger partial charge in [-0.15, -0.1) is 10.2 Å². The molecule has 1 amide bonds. The summed E-state index contributed by atoms with van der Waals surface area (Å²) in [7, 11) is 0. The Hall–Kier alpha value is -3.14. The standard InChI is InChI=1S/C12H9N5O2/c13-6-7-1-3-10(8(14)5-7)19-11-4-2-9(12(15)18)16-17-11/h1-5H,14H2,(H2,15,18). The second-order valence-corrected chi connectivity index (χ2v) is 3.59. The first kappa shape index (κ1) is 12.3. The third-order valence-corrected chi connectivity index (χ3v) is 2.25. The second-order valence-electron chi connectivity index (χ2n) is 3.59. The van der Waals surface area contributed by atoms with Gasteiger partial charge in [0.1, 0.15) is 0 Å². The summed E-state index contributed by atoms with van der Waals surface area (Å²) < 4.78 is 5.38. The van der Waals surface area contributed by atoms with Crippen molar-refractivity contribution in [3.05, 3.63) is 41.6 Å². The Morgan fingerprint density at radius 1 is 1.26 bits per heavy atom. The molecule has 0 aliphatic carbocycles. The molecule has 0 atom stereocenters. The molecule has 1 aromatic heterocycles. The van der Waals surface area contributed by atoms with E-state index in [-0.39, 0.29) is 11.6 Å². The van der Waals surface area contributed by atoms with E-state index in [4.69, 9.17) is 21.5 Å². The van der Waals surface area contributed by atoms with Gasteiger partial charge in [0.05, 0.1) is 17.3 Å². The van der Waals surface area contributed by atoms with Gasteiger partial charge >= 0.3 is 0 Å². The SMILES string of the molecule is N#Cc1ccc(Oc2ccc(C(N)=O)nn2)c(N)c1. The summed E-state index contributed by atoms with van der Waals surface area (Å²) in [5, 5.41) is 16.0. The summed E-state index contributed by atoms with van der Waals surface area (Å²) in [6.07, 6.45) is 0. The first-order chi connectivity index (χ1) is 9.10. The molecule has 4 N–H and O–H groups in total. The Labute approximate surface area is 108 Å². The fraction of sp³-hybridized carbons (Fsp3) is 0. The van der Waals surface area contributed by atoms with Crippen LogP contribution in [0.1, 0.15) is 16.1 Å². The van der Waals surface area contributed by atoms with E-state index < -0.39 is 5.91 Å². The highest BCUT2D eigenvalue weighted by Gasteiger charge is 2.07. The van der Waals surface area contributed by atoms with Crippen LogP contribution in [0.4, 0.5) is 5.69 Å². The molecule has 0 fully saturated rings. The number of nitriles is 1. The number of primary amides is 1. The molecule has 1 aromatic carbocycles. The lowest BCUT2D eigenvalue weighted by molar-refractivity contribution is 0.0994. The quantitative estimate of drug-likeness (QED) is 0.781. The molecule has 0 aliphatic rings. The van der Waals surface area contributed by atoms with Gasteiger partial charge in [0.2, 0.25) is 5.88 Å². The van der Waals surface area contributed by atoms with E-state index in [1.54, 1.807) is 12.1 Å². The molecule has 0 radical (unpaired) electrons. The summed E-state index contributed by atoms with van der Waals surface area (Å²) in [6, 6.07) is 9.41. The zero-order chi connectivity index (χ0) is 13.8. The van der Waals surface area contributed by atoms with E-state index in [9.17, 15) is 4.79 Å². The number of nitrogens with zero attached hydrogens (tertiary/aromatic N) is 3. The van der Waals surface area contributed by atoms with E-state index in [0.29, 0.717) is 17.0 Å². The molecular weight excluding hydrogens is 246 g/mol. The predicted molar refractivity (Wildman–Crippen MR) is 66.2 cm³/mol. The lowest BCUT2D eigenvalue weighted by Crippen LogP contribution is -2.13. The molecule has 1 heterocycles. The number of carbonyl (C=O) groups is 1. The van der Waals surface area contributed by atoms with Crippen LogP contribution in [0.3, 0.4) is 0 Å². The summed E-state index contributed by atoms with van der Waals surface area (Å²) in [5.41, 5.74) is 11.5. The van der Waals surface area contributed by atoms with Crippen molar-refractivity contribution >= 4 is 11.6 Å². The van der Waals surface area contributed by atoms with Crippen LogP contribution in [-0.2, 0) is 0 Å². The third kappa shape index (κ3) is 2.76. The van der Waals surface area contributed by atoms with E-state index >= 15 is 0 Å². The lowest BCUT2D eigenvalue weighted by atomic mass is 10.2. The summed E-state index contributed by atoms with van der Waals surface area (Å²) in [4.78, 5) is 10.8. The molecule has 2 aromatic rings. The largest absolute Gasteiger partial charge is 0.435 e. The van der Waals surface area contributed by atoms with Crippen molar-refractivity contribution in [2.45, 2.75) is 0 Å². The Balaban J connectivity index is 2.22. The van der Waals surface area contributed by atoms with E-state index in [1.165, 1.54) is 18.2 Å². The van der Waals surface area contributed by atoms with Crippen molar-refractivity contribution in [3.8, 4) is 17.7 Å². The van der Waals surface area contributed by atoms with Gasteiger partial charge in [0, 0.05) is 6.07 Å². The number of nitrogen functional groups attached to an aromatic ring is 1. The molecule has 7 nitrogen and oxygen atoms in total. The number of benzene rings is 1. The molecule has 94 valence electrons. The molecule has 0 unspecified atom stereocenters. The van der Waals surface area contributed by atoms with Gasteiger partial charge in [-0.1, -0.05) is 0 Å². The van der Waals surface area contributed by atoms with E-state index in [2.05, 4.69) is 10.2 Å². The zero-order valence-electron chi connectivity index (χ0n) is 9.70. The zero-order valence-corrected chi connectivity index (χ0v) is 9.70. The number of aromatic nitrogens is 2. The van der Waals surface area contributed by atoms with Crippen molar-refractivity contribution < 1.29 is 9.53 Å². The van der Waals surface area contributed by atoms with Crippen LogP contribution in [0.5, 0.6) is 11.6 Å². The highest BCUT2D eigenvalue weighted by atomic mass is 16.5. The normalized spacial score (nSPS) is 9.63. The number of ether oxygens (including phenoxy) is 1. The molecule has 2 rings (SSSR count). The van der Waals surface area contributed by atoms with Crippen molar-refractivity contribution in [1.82, 2.24) is 10.2 Å². The Morgan fingerprint density at radius 3 is 2.58 bits per heavy atom. The minimum Gasteiger partial charge on any atom is -0.435 e. The average molecular weight is 255 g/mol. The maximum absolute atomic E-state index is 10.8. The van der Waals surface area contributed by atoms with Crippen LogP contribution in [-0.4, -0.2) is 16.1 Å². The van der Waals surface area contributed by atoms with Gasteiger partial charge in [0.15, 0.2) is 11.4 Å². The molecule has 0 saturated heterocycles. The van der Waals surface area contributed by atoms with Gasteiger partial charge in [-0.2, -0.15) is 5.26 Å². The average Bonchev–Trinajstić information content (AvgIpc) is 2.41. The molecule has 0 saturated carbocycles. The van der Waals surface area contributed by atoms with E-state index in [0.717, 1.165) is 0 Å². The highest BCUT2D eigenvalue weighted by Crippen LogP contribution is 2.26. The molecule has 19 heavy (non-hydrogen) atoms. The first-order valence-electron chi connectivity index (χ1n) is 5.21. The van der Waals surface area contributed by atoms with Gasteiger partial charge in [-0.25, -0.2) is 0 Å². The van der Waals surface area contributed by atoms with Crippen LogP contribution in [0, 0.1) is 11.3 Å². The molecule has 0 aliphatic heterocycles. The van der Waals surface area contributed by atoms with Crippen LogP contribution in [0.15, 0.2) is 30.3 Å². The molecule has 7 heteroatoms. The minimum atomic E-state index is -0.670. The maximum atomic E-state index is 10.8. The maximum Gasteiger partial charge on any atom is 0.269 e. The lowest BCUT2D eigenvalue weighted by Gasteiger charge is -2.07. The monoisotopic (exact) mass is 255 g/mol. The van der Waals surface area contributed by atoms with Crippen molar-refractivity contribution in [1.29, 1.82) is 5.26 Å². The number of hydrogen-bond acceptors (Lipinski definition) is 6. The smallest absolute Gasteiger partial charge is 0.269 e. The number of anilines is 1. The van der Waals surface area contributed by atoms with E-state index in [1.807, 2.05) is 6.07 Å². The Kier molecular flexibility index (Phi) is 3.25. The van der Waals surface area contributed by atoms with Crippen LogP contribution >= 0.6 is 0 Å². The summed E-state index contributed by atoms with van der Waals surface area (Å²) in [6.45, 7) is 0. The Morgan fingerprint density at radius 2 is 2.05 bits per heavy atom. The number of amides is 1. The predicted octanol–water partition coefficient (Wildman–Crippen LogP) is 0.822. The molecular formula is C12H9N5O2.